The first-order valence-electron chi connectivity index (χ1n) is 6.22. The molecule has 1 aliphatic heterocycles. The quantitative estimate of drug-likeness (QED) is 0.771. The van der Waals surface area contributed by atoms with Crippen LogP contribution in [0.3, 0.4) is 0 Å². The Balaban J connectivity index is 2.00. The summed E-state index contributed by atoms with van der Waals surface area (Å²) in [6.07, 6.45) is 0.832. The maximum atomic E-state index is 13.1. The van der Waals surface area contributed by atoms with Crippen LogP contribution < -0.4 is 4.74 Å². The number of benzene rings is 2. The van der Waals surface area contributed by atoms with Crippen LogP contribution in [0.25, 0.3) is 0 Å². The van der Waals surface area contributed by atoms with Gasteiger partial charge in [0.25, 0.3) is 0 Å². The summed E-state index contributed by atoms with van der Waals surface area (Å²) in [7, 11) is 0. The van der Waals surface area contributed by atoms with Crippen LogP contribution in [-0.4, -0.2) is 12.4 Å². The average Bonchev–Trinajstić information content (AvgIpc) is 2.85. The van der Waals surface area contributed by atoms with Gasteiger partial charge in [-0.05, 0) is 54.4 Å². The van der Waals surface area contributed by atoms with Gasteiger partial charge >= 0.3 is 0 Å². The largest absolute Gasteiger partial charge is 0.493 e. The minimum atomic E-state index is -0.323. The van der Waals surface area contributed by atoms with E-state index >= 15 is 0 Å². The van der Waals surface area contributed by atoms with Gasteiger partial charge in [0.2, 0.25) is 0 Å². The Labute approximate surface area is 110 Å². The van der Waals surface area contributed by atoms with E-state index < -0.39 is 0 Å². The number of carbonyl (C=O) groups excluding carboxylic acids is 1. The lowest BCUT2D eigenvalue weighted by atomic mass is 9.97. The van der Waals surface area contributed by atoms with E-state index in [2.05, 4.69) is 0 Å². The number of fused-ring (bicyclic) bond motifs is 1. The van der Waals surface area contributed by atoms with Crippen LogP contribution in [0, 0.1) is 12.7 Å². The lowest BCUT2D eigenvalue weighted by Crippen LogP contribution is -2.04. The highest BCUT2D eigenvalue weighted by atomic mass is 19.1. The molecule has 0 bridgehead atoms. The molecule has 1 aliphatic rings. The predicted octanol–water partition coefficient (Wildman–Crippen LogP) is 3.30. The van der Waals surface area contributed by atoms with Gasteiger partial charge in [0.1, 0.15) is 11.6 Å². The lowest BCUT2D eigenvalue weighted by molar-refractivity contribution is 0.103. The van der Waals surface area contributed by atoms with Gasteiger partial charge in [0, 0.05) is 17.5 Å². The van der Waals surface area contributed by atoms with Crippen LogP contribution in [0.5, 0.6) is 5.75 Å². The molecule has 3 heteroatoms. The topological polar surface area (TPSA) is 26.3 Å². The van der Waals surface area contributed by atoms with E-state index in [9.17, 15) is 9.18 Å². The molecule has 0 N–H and O–H groups in total. The number of rotatable bonds is 2. The highest BCUT2D eigenvalue weighted by Crippen LogP contribution is 2.27. The van der Waals surface area contributed by atoms with Gasteiger partial charge in [-0.1, -0.05) is 0 Å². The molecule has 0 amide bonds. The molecule has 0 saturated carbocycles. The van der Waals surface area contributed by atoms with Crippen molar-refractivity contribution < 1.29 is 13.9 Å². The molecule has 0 aromatic heterocycles. The minimum absolute atomic E-state index is 0.0767. The van der Waals surface area contributed by atoms with E-state index in [0.29, 0.717) is 23.3 Å². The molecule has 3 rings (SSSR count). The molecule has 0 aliphatic carbocycles. The molecule has 96 valence electrons. The van der Waals surface area contributed by atoms with Gasteiger partial charge in [-0.2, -0.15) is 0 Å². The van der Waals surface area contributed by atoms with Gasteiger partial charge in [0.05, 0.1) is 6.61 Å². The molecule has 0 spiro atoms. The van der Waals surface area contributed by atoms with Crippen LogP contribution in [-0.2, 0) is 6.42 Å². The molecule has 2 aromatic rings. The number of ether oxygens (including phenoxy) is 1. The van der Waals surface area contributed by atoms with Crippen LogP contribution in [0.4, 0.5) is 4.39 Å². The fourth-order valence-corrected chi connectivity index (χ4v) is 2.37. The van der Waals surface area contributed by atoms with Gasteiger partial charge in [-0.15, -0.1) is 0 Å². The molecule has 1 heterocycles. The van der Waals surface area contributed by atoms with E-state index in [1.165, 1.54) is 18.2 Å². The summed E-state index contributed by atoms with van der Waals surface area (Å²) in [5, 5.41) is 0. The van der Waals surface area contributed by atoms with Crippen LogP contribution in [0.2, 0.25) is 0 Å². The molecular formula is C16H13FO2. The van der Waals surface area contributed by atoms with Crippen LogP contribution >= 0.6 is 0 Å². The van der Waals surface area contributed by atoms with Crippen molar-refractivity contribution in [1.29, 1.82) is 0 Å². The number of carbonyl (C=O) groups is 1. The first kappa shape index (κ1) is 11.9. The maximum Gasteiger partial charge on any atom is 0.193 e. The third-order valence-electron chi connectivity index (χ3n) is 3.38. The van der Waals surface area contributed by atoms with Gasteiger partial charge in [-0.25, -0.2) is 4.39 Å². The standard InChI is InChI=1S/C16H13FO2/c1-10-8-13(17)3-4-14(10)16(18)12-2-5-15-11(9-12)6-7-19-15/h2-5,8-9H,6-7H2,1H3. The van der Waals surface area contributed by atoms with Crippen molar-refractivity contribution in [3.8, 4) is 5.75 Å². The second-order valence-corrected chi connectivity index (χ2v) is 4.71. The number of halogens is 1. The second-order valence-electron chi connectivity index (χ2n) is 4.71. The van der Waals surface area contributed by atoms with Crippen molar-refractivity contribution in [2.75, 3.05) is 6.61 Å². The summed E-state index contributed by atoms with van der Waals surface area (Å²) in [6.45, 7) is 2.41. The molecule has 2 aromatic carbocycles. The second kappa shape index (κ2) is 4.50. The van der Waals surface area contributed by atoms with Crippen molar-refractivity contribution in [1.82, 2.24) is 0 Å². The minimum Gasteiger partial charge on any atom is -0.493 e. The monoisotopic (exact) mass is 256 g/mol. The van der Waals surface area contributed by atoms with E-state index in [0.717, 1.165) is 17.7 Å². The van der Waals surface area contributed by atoms with E-state index in [-0.39, 0.29) is 11.6 Å². The predicted molar refractivity (Wildman–Crippen MR) is 70.2 cm³/mol. The van der Waals surface area contributed by atoms with Gasteiger partial charge in [0.15, 0.2) is 5.78 Å². The summed E-state index contributed by atoms with van der Waals surface area (Å²) in [5.74, 6) is 0.455. The fourth-order valence-electron chi connectivity index (χ4n) is 2.37. The van der Waals surface area contributed by atoms with Crippen molar-refractivity contribution in [3.05, 3.63) is 64.5 Å². The van der Waals surface area contributed by atoms with E-state index in [1.807, 2.05) is 12.1 Å². The summed E-state index contributed by atoms with van der Waals surface area (Å²) >= 11 is 0. The number of hydrogen-bond acceptors (Lipinski definition) is 2. The van der Waals surface area contributed by atoms with Crippen molar-refractivity contribution >= 4 is 5.78 Å². The Hall–Kier alpha value is -2.16. The molecule has 0 radical (unpaired) electrons. The molecule has 2 nitrogen and oxygen atoms in total. The van der Waals surface area contributed by atoms with E-state index in [1.54, 1.807) is 13.0 Å². The number of hydrogen-bond donors (Lipinski definition) is 0. The maximum absolute atomic E-state index is 13.1. The lowest BCUT2D eigenvalue weighted by Gasteiger charge is -2.06. The zero-order valence-electron chi connectivity index (χ0n) is 10.6. The molecular weight excluding hydrogens is 243 g/mol. The summed E-state index contributed by atoms with van der Waals surface area (Å²) in [5.41, 5.74) is 2.88. The number of ketones is 1. The third-order valence-corrected chi connectivity index (χ3v) is 3.38. The Kier molecular flexibility index (Phi) is 2.82. The molecule has 0 fully saturated rings. The Morgan fingerprint density at radius 3 is 2.84 bits per heavy atom. The molecule has 0 atom stereocenters. The highest BCUT2D eigenvalue weighted by Gasteiger charge is 2.17. The fraction of sp³-hybridized carbons (Fsp3) is 0.188. The Bertz CT molecular complexity index is 662. The molecule has 0 saturated heterocycles. The van der Waals surface area contributed by atoms with Gasteiger partial charge in [-0.3, -0.25) is 4.79 Å². The normalized spacial score (nSPS) is 12.9. The molecule has 19 heavy (non-hydrogen) atoms. The molecule has 0 unspecified atom stereocenters. The zero-order valence-corrected chi connectivity index (χ0v) is 10.6. The number of aryl methyl sites for hydroxylation is 1. The van der Waals surface area contributed by atoms with Gasteiger partial charge < -0.3 is 4.74 Å². The van der Waals surface area contributed by atoms with Crippen LogP contribution in [0.1, 0.15) is 27.0 Å². The smallest absolute Gasteiger partial charge is 0.193 e. The first-order valence-corrected chi connectivity index (χ1v) is 6.22. The first-order chi connectivity index (χ1) is 9.15. The van der Waals surface area contributed by atoms with Crippen molar-refractivity contribution in [2.24, 2.45) is 0 Å². The SMILES string of the molecule is Cc1cc(F)ccc1C(=O)c1ccc2c(c1)CCO2. The van der Waals surface area contributed by atoms with Crippen molar-refractivity contribution in [3.63, 3.8) is 0 Å². The average molecular weight is 256 g/mol. The zero-order chi connectivity index (χ0) is 13.4. The van der Waals surface area contributed by atoms with Crippen LogP contribution in [0.15, 0.2) is 36.4 Å². The third kappa shape index (κ3) is 2.12. The summed E-state index contributed by atoms with van der Waals surface area (Å²) in [6, 6.07) is 9.69. The highest BCUT2D eigenvalue weighted by molar-refractivity contribution is 6.10. The summed E-state index contributed by atoms with van der Waals surface area (Å²) in [4.78, 5) is 12.4. The summed E-state index contributed by atoms with van der Waals surface area (Å²) < 4.78 is 18.5. The Morgan fingerprint density at radius 1 is 1.21 bits per heavy atom. The van der Waals surface area contributed by atoms with E-state index in [4.69, 9.17) is 4.74 Å². The Morgan fingerprint density at radius 2 is 2.05 bits per heavy atom. The van der Waals surface area contributed by atoms with Crippen molar-refractivity contribution in [2.45, 2.75) is 13.3 Å².